The summed E-state index contributed by atoms with van der Waals surface area (Å²) in [5.41, 5.74) is 1.24. The van der Waals surface area contributed by atoms with Crippen molar-refractivity contribution in [2.45, 2.75) is 50.8 Å². The number of rotatable bonds is 2. The van der Waals surface area contributed by atoms with E-state index in [4.69, 9.17) is 4.74 Å². The van der Waals surface area contributed by atoms with Crippen LogP contribution in [0.5, 0.6) is 5.75 Å². The Balaban J connectivity index is 1.69. The first kappa shape index (κ1) is 10.2. The highest BCUT2D eigenvalue weighted by Gasteiger charge is 2.34. The molecule has 2 heteroatoms. The van der Waals surface area contributed by atoms with Crippen molar-refractivity contribution in [2.75, 3.05) is 0 Å². The molecule has 0 amide bonds. The van der Waals surface area contributed by atoms with Crippen LogP contribution < -0.4 is 10.1 Å². The molecule has 2 aliphatic rings. The summed E-state index contributed by atoms with van der Waals surface area (Å²) in [7, 11) is 0. The zero-order valence-corrected chi connectivity index (χ0v) is 9.78. The Bertz CT molecular complexity index is 365. The first-order valence-electron chi connectivity index (χ1n) is 6.29. The van der Waals surface area contributed by atoms with Crippen LogP contribution in [-0.2, 0) is 0 Å². The molecular formula is C14H19NO. The second-order valence-electron chi connectivity index (χ2n) is 5.11. The maximum Gasteiger partial charge on any atom is 0.122 e. The van der Waals surface area contributed by atoms with Gasteiger partial charge in [-0.3, -0.25) is 0 Å². The van der Waals surface area contributed by atoms with Gasteiger partial charge < -0.3 is 10.1 Å². The van der Waals surface area contributed by atoms with E-state index in [-0.39, 0.29) is 0 Å². The molecule has 1 aromatic rings. The lowest BCUT2D eigenvalue weighted by Crippen LogP contribution is -2.42. The fraction of sp³-hybridized carbons (Fsp3) is 0.571. The zero-order valence-electron chi connectivity index (χ0n) is 9.78. The molecule has 2 unspecified atom stereocenters. The SMILES string of the molecule is Cc1ccccc1OC1CC2CCC(C1)N2. The van der Waals surface area contributed by atoms with Crippen molar-refractivity contribution in [3.63, 3.8) is 0 Å². The third kappa shape index (κ3) is 1.94. The number of aryl methyl sites for hydroxylation is 1. The lowest BCUT2D eigenvalue weighted by molar-refractivity contribution is 0.136. The highest BCUT2D eigenvalue weighted by atomic mass is 16.5. The number of hydrogen-bond donors (Lipinski definition) is 1. The second kappa shape index (κ2) is 4.10. The summed E-state index contributed by atoms with van der Waals surface area (Å²) in [6, 6.07) is 9.72. The lowest BCUT2D eigenvalue weighted by Gasteiger charge is -2.30. The fourth-order valence-corrected chi connectivity index (χ4v) is 2.97. The fourth-order valence-electron chi connectivity index (χ4n) is 2.97. The van der Waals surface area contributed by atoms with Crippen molar-refractivity contribution in [3.8, 4) is 5.75 Å². The number of piperidine rings is 1. The number of benzene rings is 1. The van der Waals surface area contributed by atoms with Crippen molar-refractivity contribution in [3.05, 3.63) is 29.8 Å². The van der Waals surface area contributed by atoms with Crippen LogP contribution in [-0.4, -0.2) is 18.2 Å². The van der Waals surface area contributed by atoms with E-state index < -0.39 is 0 Å². The molecule has 0 aliphatic carbocycles. The summed E-state index contributed by atoms with van der Waals surface area (Å²) in [4.78, 5) is 0. The summed E-state index contributed by atoms with van der Waals surface area (Å²) >= 11 is 0. The van der Waals surface area contributed by atoms with Crippen molar-refractivity contribution in [1.82, 2.24) is 5.32 Å². The number of ether oxygens (including phenoxy) is 1. The molecule has 2 bridgehead atoms. The van der Waals surface area contributed by atoms with Crippen LogP contribution in [0.1, 0.15) is 31.2 Å². The largest absolute Gasteiger partial charge is 0.490 e. The van der Waals surface area contributed by atoms with Gasteiger partial charge in [-0.15, -0.1) is 0 Å². The Labute approximate surface area is 97.0 Å². The molecule has 2 fully saturated rings. The van der Waals surface area contributed by atoms with Crippen molar-refractivity contribution in [2.24, 2.45) is 0 Å². The first-order chi connectivity index (χ1) is 7.81. The summed E-state index contributed by atoms with van der Waals surface area (Å²) in [6.45, 7) is 2.12. The standard InChI is InChI=1S/C14H19NO/c1-10-4-2-3-5-14(10)16-13-8-11-6-7-12(9-13)15-11/h2-5,11-13,15H,6-9H2,1H3. The Morgan fingerprint density at radius 3 is 2.50 bits per heavy atom. The number of para-hydroxylation sites is 1. The van der Waals surface area contributed by atoms with E-state index in [9.17, 15) is 0 Å². The average Bonchev–Trinajstić information content (AvgIpc) is 2.62. The van der Waals surface area contributed by atoms with E-state index in [2.05, 4.69) is 36.5 Å². The van der Waals surface area contributed by atoms with E-state index >= 15 is 0 Å². The maximum absolute atomic E-state index is 6.13. The van der Waals surface area contributed by atoms with Crippen molar-refractivity contribution >= 4 is 0 Å². The van der Waals surface area contributed by atoms with Crippen molar-refractivity contribution in [1.29, 1.82) is 0 Å². The molecule has 2 nitrogen and oxygen atoms in total. The summed E-state index contributed by atoms with van der Waals surface area (Å²) in [6.07, 6.45) is 5.42. The van der Waals surface area contributed by atoms with Crippen LogP contribution in [0.3, 0.4) is 0 Å². The second-order valence-corrected chi connectivity index (χ2v) is 5.11. The lowest BCUT2D eigenvalue weighted by atomic mass is 10.0. The van der Waals surface area contributed by atoms with Crippen LogP contribution in [0.2, 0.25) is 0 Å². The van der Waals surface area contributed by atoms with Gasteiger partial charge in [0, 0.05) is 12.1 Å². The van der Waals surface area contributed by atoms with E-state index in [1.54, 1.807) is 0 Å². The number of hydrogen-bond acceptors (Lipinski definition) is 2. The molecule has 16 heavy (non-hydrogen) atoms. The Hall–Kier alpha value is -1.02. The van der Waals surface area contributed by atoms with Gasteiger partial charge in [0.2, 0.25) is 0 Å². The minimum atomic E-state index is 0.417. The molecule has 0 aromatic heterocycles. The minimum Gasteiger partial charge on any atom is -0.490 e. The van der Waals surface area contributed by atoms with Crippen LogP contribution in [0.15, 0.2) is 24.3 Å². The molecular weight excluding hydrogens is 198 g/mol. The highest BCUT2D eigenvalue weighted by Crippen LogP contribution is 2.30. The topological polar surface area (TPSA) is 21.3 Å². The zero-order chi connectivity index (χ0) is 11.0. The van der Waals surface area contributed by atoms with Gasteiger partial charge in [0.1, 0.15) is 11.9 Å². The van der Waals surface area contributed by atoms with Crippen molar-refractivity contribution < 1.29 is 4.74 Å². The third-order valence-corrected chi connectivity index (χ3v) is 3.82. The van der Waals surface area contributed by atoms with Crippen LogP contribution >= 0.6 is 0 Å². The average molecular weight is 217 g/mol. The molecule has 3 rings (SSSR count). The third-order valence-electron chi connectivity index (χ3n) is 3.82. The van der Waals surface area contributed by atoms with Crippen LogP contribution in [0.4, 0.5) is 0 Å². The van der Waals surface area contributed by atoms with Gasteiger partial charge in [0.25, 0.3) is 0 Å². The highest BCUT2D eigenvalue weighted by molar-refractivity contribution is 5.32. The van der Waals surface area contributed by atoms with E-state index in [1.165, 1.54) is 31.2 Å². The Morgan fingerprint density at radius 2 is 1.81 bits per heavy atom. The predicted molar refractivity (Wildman–Crippen MR) is 64.8 cm³/mol. The molecule has 2 aliphatic heterocycles. The molecule has 1 N–H and O–H groups in total. The van der Waals surface area contributed by atoms with Gasteiger partial charge in [-0.1, -0.05) is 18.2 Å². The summed E-state index contributed by atoms with van der Waals surface area (Å²) < 4.78 is 6.13. The van der Waals surface area contributed by atoms with Crippen LogP contribution in [0, 0.1) is 6.92 Å². The monoisotopic (exact) mass is 217 g/mol. The minimum absolute atomic E-state index is 0.417. The molecule has 2 atom stereocenters. The van der Waals surface area contributed by atoms with Gasteiger partial charge in [0.15, 0.2) is 0 Å². The molecule has 0 spiro atoms. The van der Waals surface area contributed by atoms with Gasteiger partial charge in [-0.25, -0.2) is 0 Å². The normalized spacial score (nSPS) is 32.7. The van der Waals surface area contributed by atoms with E-state index in [0.717, 1.165) is 5.75 Å². The molecule has 0 radical (unpaired) electrons. The molecule has 1 aromatic carbocycles. The van der Waals surface area contributed by atoms with Gasteiger partial charge in [0.05, 0.1) is 0 Å². The molecule has 86 valence electrons. The summed E-state index contributed by atoms with van der Waals surface area (Å²) in [5, 5.41) is 3.64. The first-order valence-corrected chi connectivity index (χ1v) is 6.29. The molecule has 0 saturated carbocycles. The maximum atomic E-state index is 6.13. The quantitative estimate of drug-likeness (QED) is 0.822. The number of fused-ring (bicyclic) bond motifs is 2. The smallest absolute Gasteiger partial charge is 0.122 e. The van der Waals surface area contributed by atoms with Crippen LogP contribution in [0.25, 0.3) is 0 Å². The Kier molecular flexibility index (Phi) is 2.60. The molecule has 2 heterocycles. The van der Waals surface area contributed by atoms with E-state index in [1.807, 2.05) is 0 Å². The predicted octanol–water partition coefficient (Wildman–Crippen LogP) is 2.66. The van der Waals surface area contributed by atoms with Gasteiger partial charge >= 0.3 is 0 Å². The van der Waals surface area contributed by atoms with Gasteiger partial charge in [-0.2, -0.15) is 0 Å². The summed E-state index contributed by atoms with van der Waals surface area (Å²) in [5.74, 6) is 1.06. The Morgan fingerprint density at radius 1 is 1.12 bits per heavy atom. The van der Waals surface area contributed by atoms with E-state index in [0.29, 0.717) is 18.2 Å². The number of nitrogens with one attached hydrogen (secondary N) is 1. The molecule has 2 saturated heterocycles. The van der Waals surface area contributed by atoms with Gasteiger partial charge in [-0.05, 0) is 44.2 Å².